The minimum atomic E-state index is 0.0452. The first-order valence-electron chi connectivity index (χ1n) is 6.00. The zero-order valence-electron chi connectivity index (χ0n) is 9.16. The van der Waals surface area contributed by atoms with Gasteiger partial charge in [-0.3, -0.25) is 4.79 Å². The molecule has 2 bridgehead atoms. The van der Waals surface area contributed by atoms with Gasteiger partial charge in [-0.05, 0) is 42.9 Å². The molecular formula is C12H20O2. The van der Waals surface area contributed by atoms with E-state index in [1.165, 1.54) is 19.3 Å². The van der Waals surface area contributed by atoms with Crippen LogP contribution >= 0.6 is 0 Å². The van der Waals surface area contributed by atoms with Crippen LogP contribution in [0, 0.1) is 23.7 Å². The molecule has 3 fully saturated rings. The minimum Gasteiger partial charge on any atom is -0.465 e. The third kappa shape index (κ3) is 1.45. The Balaban J connectivity index is 0.000000354. The van der Waals surface area contributed by atoms with Crippen LogP contribution in [0.4, 0.5) is 0 Å². The summed E-state index contributed by atoms with van der Waals surface area (Å²) in [6, 6.07) is 0. The summed E-state index contributed by atoms with van der Waals surface area (Å²) in [5.41, 5.74) is 0. The van der Waals surface area contributed by atoms with Crippen molar-refractivity contribution in [3.05, 3.63) is 0 Å². The number of carbonyl (C=O) groups excluding carboxylic acids is 1. The minimum absolute atomic E-state index is 0.0452. The van der Waals surface area contributed by atoms with Crippen LogP contribution in [-0.2, 0) is 9.53 Å². The fourth-order valence-corrected chi connectivity index (χ4v) is 3.55. The quantitative estimate of drug-likeness (QED) is 0.557. The van der Waals surface area contributed by atoms with Crippen molar-refractivity contribution in [1.29, 1.82) is 0 Å². The van der Waals surface area contributed by atoms with E-state index in [9.17, 15) is 4.79 Å². The number of cyclic esters (lactones) is 1. The van der Waals surface area contributed by atoms with Gasteiger partial charge in [-0.2, -0.15) is 0 Å². The molecule has 0 N–H and O–H groups in total. The summed E-state index contributed by atoms with van der Waals surface area (Å²) in [4.78, 5) is 11.1. The molecule has 0 amide bonds. The molecular weight excluding hydrogens is 176 g/mol. The Labute approximate surface area is 86.0 Å². The number of fused-ring (bicyclic) bond motifs is 5. The number of esters is 1. The van der Waals surface area contributed by atoms with Gasteiger partial charge in [-0.25, -0.2) is 0 Å². The molecule has 2 aliphatic carbocycles. The number of hydrogen-bond donors (Lipinski definition) is 0. The maximum atomic E-state index is 11.1. The smallest absolute Gasteiger partial charge is 0.306 e. The van der Waals surface area contributed by atoms with Gasteiger partial charge in [0.1, 0.15) is 0 Å². The third-order valence-electron chi connectivity index (χ3n) is 4.11. The summed E-state index contributed by atoms with van der Waals surface area (Å²) in [6.45, 7) is 4.73. The Bertz CT molecular complexity index is 224. The number of hydrogen-bond acceptors (Lipinski definition) is 2. The van der Waals surface area contributed by atoms with Crippen molar-refractivity contribution in [2.75, 3.05) is 6.61 Å². The lowest BCUT2D eigenvalue weighted by Gasteiger charge is -2.33. The molecule has 4 unspecified atom stereocenters. The fourth-order valence-electron chi connectivity index (χ4n) is 3.55. The molecule has 2 saturated carbocycles. The van der Waals surface area contributed by atoms with Crippen molar-refractivity contribution in [2.24, 2.45) is 23.7 Å². The van der Waals surface area contributed by atoms with Gasteiger partial charge in [0.15, 0.2) is 0 Å². The van der Waals surface area contributed by atoms with Gasteiger partial charge in [0.2, 0.25) is 0 Å². The maximum absolute atomic E-state index is 11.1. The van der Waals surface area contributed by atoms with Gasteiger partial charge in [0.25, 0.3) is 0 Å². The second-order valence-corrected chi connectivity index (χ2v) is 4.55. The fraction of sp³-hybridized carbons (Fsp3) is 0.917. The van der Waals surface area contributed by atoms with Gasteiger partial charge in [0, 0.05) is 6.42 Å². The molecule has 0 aromatic heterocycles. The Morgan fingerprint density at radius 2 is 1.79 bits per heavy atom. The number of ether oxygens (including phenoxy) is 1. The first kappa shape index (κ1) is 10.0. The van der Waals surface area contributed by atoms with E-state index in [2.05, 4.69) is 0 Å². The Morgan fingerprint density at radius 1 is 1.14 bits per heavy atom. The average molecular weight is 196 g/mol. The van der Waals surface area contributed by atoms with Crippen LogP contribution in [0.3, 0.4) is 0 Å². The monoisotopic (exact) mass is 196 g/mol. The summed E-state index contributed by atoms with van der Waals surface area (Å²) >= 11 is 0. The highest BCUT2D eigenvalue weighted by Crippen LogP contribution is 2.54. The second kappa shape index (κ2) is 3.92. The van der Waals surface area contributed by atoms with E-state index in [1.54, 1.807) is 0 Å². The normalized spacial score (nSPS) is 43.7. The molecule has 1 saturated heterocycles. The largest absolute Gasteiger partial charge is 0.465 e. The van der Waals surface area contributed by atoms with Crippen molar-refractivity contribution >= 4 is 5.97 Å². The Kier molecular flexibility index (Phi) is 2.80. The van der Waals surface area contributed by atoms with Crippen molar-refractivity contribution in [3.63, 3.8) is 0 Å². The third-order valence-corrected chi connectivity index (χ3v) is 4.11. The molecule has 2 heteroatoms. The topological polar surface area (TPSA) is 26.3 Å². The Morgan fingerprint density at radius 3 is 2.50 bits per heavy atom. The van der Waals surface area contributed by atoms with Crippen LogP contribution in [0.15, 0.2) is 0 Å². The molecule has 3 rings (SSSR count). The maximum Gasteiger partial charge on any atom is 0.306 e. The van der Waals surface area contributed by atoms with E-state index in [4.69, 9.17) is 4.74 Å². The summed E-state index contributed by atoms with van der Waals surface area (Å²) in [5.74, 6) is 3.25. The molecule has 1 aliphatic heterocycles. The summed E-state index contributed by atoms with van der Waals surface area (Å²) < 4.78 is 5.11. The lowest BCUT2D eigenvalue weighted by Crippen LogP contribution is -2.34. The van der Waals surface area contributed by atoms with Crippen molar-refractivity contribution in [3.8, 4) is 0 Å². The van der Waals surface area contributed by atoms with E-state index in [0.29, 0.717) is 12.3 Å². The molecule has 80 valence electrons. The van der Waals surface area contributed by atoms with E-state index in [-0.39, 0.29) is 5.97 Å². The average Bonchev–Trinajstić information content (AvgIpc) is 2.81. The first-order valence-corrected chi connectivity index (χ1v) is 6.00. The van der Waals surface area contributed by atoms with E-state index >= 15 is 0 Å². The zero-order chi connectivity index (χ0) is 10.1. The van der Waals surface area contributed by atoms with Gasteiger partial charge in [-0.1, -0.05) is 13.8 Å². The summed E-state index contributed by atoms with van der Waals surface area (Å²) in [7, 11) is 0. The van der Waals surface area contributed by atoms with Crippen LogP contribution < -0.4 is 0 Å². The van der Waals surface area contributed by atoms with E-state index in [1.807, 2.05) is 13.8 Å². The molecule has 1 heterocycles. The number of carbonyl (C=O) groups is 1. The van der Waals surface area contributed by atoms with Crippen molar-refractivity contribution < 1.29 is 9.53 Å². The Hall–Kier alpha value is -0.530. The van der Waals surface area contributed by atoms with Crippen LogP contribution in [0.1, 0.15) is 39.5 Å². The van der Waals surface area contributed by atoms with Gasteiger partial charge in [0.05, 0.1) is 6.61 Å². The van der Waals surface area contributed by atoms with Gasteiger partial charge in [-0.15, -0.1) is 0 Å². The first-order chi connectivity index (χ1) is 6.84. The lowest BCUT2D eigenvalue weighted by atomic mass is 9.77. The van der Waals surface area contributed by atoms with E-state index < -0.39 is 0 Å². The standard InChI is InChI=1S/C10H14O2.C2H6/c11-10-4-8-6-1-2-7(3-6)9(8)5-12-10;1-2/h6-9H,1-5H2;1-2H3. The molecule has 4 atom stereocenters. The SMILES string of the molecule is CC.O=C1CC2C3CCC(C3)C2CO1. The van der Waals surface area contributed by atoms with Gasteiger partial charge < -0.3 is 4.74 Å². The van der Waals surface area contributed by atoms with E-state index in [0.717, 1.165) is 24.4 Å². The molecule has 0 radical (unpaired) electrons. The van der Waals surface area contributed by atoms with Crippen molar-refractivity contribution in [2.45, 2.75) is 39.5 Å². The molecule has 3 aliphatic rings. The zero-order valence-corrected chi connectivity index (χ0v) is 9.16. The highest BCUT2D eigenvalue weighted by Gasteiger charge is 2.50. The van der Waals surface area contributed by atoms with Crippen LogP contribution in [0.25, 0.3) is 0 Å². The second-order valence-electron chi connectivity index (χ2n) is 4.55. The summed E-state index contributed by atoms with van der Waals surface area (Å²) in [6.07, 6.45) is 4.86. The lowest BCUT2D eigenvalue weighted by molar-refractivity contribution is -0.154. The highest BCUT2D eigenvalue weighted by molar-refractivity contribution is 5.70. The van der Waals surface area contributed by atoms with Crippen LogP contribution in [0.5, 0.6) is 0 Å². The molecule has 14 heavy (non-hydrogen) atoms. The predicted octanol–water partition coefficient (Wildman–Crippen LogP) is 2.62. The predicted molar refractivity (Wildman–Crippen MR) is 54.7 cm³/mol. The molecule has 2 nitrogen and oxygen atoms in total. The van der Waals surface area contributed by atoms with Crippen molar-refractivity contribution in [1.82, 2.24) is 0 Å². The molecule has 0 aromatic carbocycles. The number of rotatable bonds is 0. The molecule has 0 spiro atoms. The van der Waals surface area contributed by atoms with Crippen LogP contribution in [0.2, 0.25) is 0 Å². The van der Waals surface area contributed by atoms with Crippen LogP contribution in [-0.4, -0.2) is 12.6 Å². The molecule has 0 aromatic rings. The highest BCUT2D eigenvalue weighted by atomic mass is 16.5. The van der Waals surface area contributed by atoms with Gasteiger partial charge >= 0.3 is 5.97 Å². The summed E-state index contributed by atoms with van der Waals surface area (Å²) in [5, 5.41) is 0.